The van der Waals surface area contributed by atoms with Crippen LogP contribution in [0.25, 0.3) is 0 Å². The molecular formula is C14H23N3O2S. The highest BCUT2D eigenvalue weighted by Crippen LogP contribution is 2.36. The molecule has 0 spiro atoms. The third-order valence-electron chi connectivity index (χ3n) is 3.72. The van der Waals surface area contributed by atoms with Gasteiger partial charge in [-0.25, -0.2) is 0 Å². The molecule has 1 saturated heterocycles. The van der Waals surface area contributed by atoms with Crippen molar-refractivity contribution in [2.45, 2.75) is 45.2 Å². The molecule has 5 nitrogen and oxygen atoms in total. The molecule has 2 unspecified atom stereocenters. The number of hydrogen-bond acceptors (Lipinski definition) is 5. The maximum absolute atomic E-state index is 10.9. The Balaban J connectivity index is 2.26. The van der Waals surface area contributed by atoms with Crippen molar-refractivity contribution < 1.29 is 4.92 Å². The van der Waals surface area contributed by atoms with Gasteiger partial charge in [-0.3, -0.25) is 15.0 Å². The van der Waals surface area contributed by atoms with E-state index in [2.05, 4.69) is 18.7 Å². The summed E-state index contributed by atoms with van der Waals surface area (Å²) in [5.74, 6) is 0.567. The van der Waals surface area contributed by atoms with Gasteiger partial charge >= 0.3 is 5.00 Å². The van der Waals surface area contributed by atoms with Crippen molar-refractivity contribution in [2.24, 2.45) is 11.7 Å². The molecule has 2 heterocycles. The van der Waals surface area contributed by atoms with E-state index in [-0.39, 0.29) is 22.0 Å². The summed E-state index contributed by atoms with van der Waals surface area (Å²) in [5, 5.41) is 11.1. The number of nitrogens with zero attached hydrogens (tertiary/aromatic N) is 2. The molecule has 2 rings (SSSR count). The number of thiophene rings is 1. The van der Waals surface area contributed by atoms with Gasteiger partial charge in [-0.2, -0.15) is 0 Å². The predicted octanol–water partition coefficient (Wildman–Crippen LogP) is 3.17. The van der Waals surface area contributed by atoms with E-state index in [9.17, 15) is 10.1 Å². The van der Waals surface area contributed by atoms with Crippen molar-refractivity contribution in [3.63, 3.8) is 0 Å². The number of nitrogens with two attached hydrogens (primary N) is 1. The van der Waals surface area contributed by atoms with E-state index < -0.39 is 0 Å². The zero-order chi connectivity index (χ0) is 14.7. The molecule has 1 fully saturated rings. The normalized spacial score (nSPS) is 24.8. The Morgan fingerprint density at radius 2 is 2.25 bits per heavy atom. The lowest BCUT2D eigenvalue weighted by Gasteiger charge is -2.33. The van der Waals surface area contributed by atoms with Gasteiger partial charge in [-0.15, -0.1) is 0 Å². The lowest BCUT2D eigenvalue weighted by Crippen LogP contribution is -2.41. The second-order valence-corrected chi connectivity index (χ2v) is 7.02. The van der Waals surface area contributed by atoms with Crippen LogP contribution in [-0.4, -0.2) is 29.0 Å². The Bertz CT molecular complexity index is 461. The first-order chi connectivity index (χ1) is 9.49. The van der Waals surface area contributed by atoms with Gasteiger partial charge in [0.05, 0.1) is 11.0 Å². The molecule has 6 heteroatoms. The standard InChI is InChI=1S/C14H23N3O2S/c1-10(2)9-16-8-4-3-5-11(15)14(16)12-6-7-13(20-12)17(18)19/h6-7,10-11,14H,3-5,8-9,15H2,1-2H3. The average Bonchev–Trinajstić information content (AvgIpc) is 2.76. The van der Waals surface area contributed by atoms with E-state index in [0.717, 1.165) is 37.2 Å². The molecule has 0 aliphatic carbocycles. The topological polar surface area (TPSA) is 72.4 Å². The molecule has 0 amide bonds. The van der Waals surface area contributed by atoms with Gasteiger partial charge < -0.3 is 5.73 Å². The van der Waals surface area contributed by atoms with Crippen molar-refractivity contribution in [3.05, 3.63) is 27.1 Å². The Hall–Kier alpha value is -0.980. The minimum absolute atomic E-state index is 0.0644. The highest BCUT2D eigenvalue weighted by molar-refractivity contribution is 7.15. The summed E-state index contributed by atoms with van der Waals surface area (Å²) in [7, 11) is 0. The SMILES string of the molecule is CC(C)CN1CCCCC(N)C1c1ccc([N+](=O)[O-])s1. The first-order valence-corrected chi connectivity index (χ1v) is 8.04. The summed E-state index contributed by atoms with van der Waals surface area (Å²) in [4.78, 5) is 14.0. The van der Waals surface area contributed by atoms with Crippen molar-refractivity contribution in [1.29, 1.82) is 0 Å². The monoisotopic (exact) mass is 297 g/mol. The second kappa shape index (κ2) is 6.65. The molecular weight excluding hydrogens is 274 g/mol. The fourth-order valence-electron chi connectivity index (χ4n) is 2.93. The molecule has 1 aromatic rings. The molecule has 0 saturated carbocycles. The molecule has 2 N–H and O–H groups in total. The van der Waals surface area contributed by atoms with E-state index in [1.54, 1.807) is 6.07 Å². The highest BCUT2D eigenvalue weighted by Gasteiger charge is 2.31. The molecule has 2 atom stereocenters. The van der Waals surface area contributed by atoms with Crippen LogP contribution >= 0.6 is 11.3 Å². The molecule has 20 heavy (non-hydrogen) atoms. The molecule has 1 aromatic heterocycles. The van der Waals surface area contributed by atoms with Crippen LogP contribution in [0.1, 0.15) is 44.0 Å². The van der Waals surface area contributed by atoms with Crippen LogP contribution in [-0.2, 0) is 0 Å². The van der Waals surface area contributed by atoms with Crippen LogP contribution in [0.4, 0.5) is 5.00 Å². The minimum atomic E-state index is -0.316. The van der Waals surface area contributed by atoms with Gasteiger partial charge in [0.15, 0.2) is 0 Å². The third-order valence-corrected chi connectivity index (χ3v) is 4.82. The van der Waals surface area contributed by atoms with Gasteiger partial charge in [-0.1, -0.05) is 31.6 Å². The second-order valence-electron chi connectivity index (χ2n) is 5.93. The van der Waals surface area contributed by atoms with Crippen LogP contribution in [0, 0.1) is 16.0 Å². The van der Waals surface area contributed by atoms with Crippen molar-refractivity contribution in [1.82, 2.24) is 4.90 Å². The smallest absolute Gasteiger partial charge is 0.324 e. The fraction of sp³-hybridized carbons (Fsp3) is 0.714. The number of rotatable bonds is 4. The molecule has 112 valence electrons. The van der Waals surface area contributed by atoms with Crippen LogP contribution in [0.15, 0.2) is 12.1 Å². The van der Waals surface area contributed by atoms with Gasteiger partial charge in [0.2, 0.25) is 0 Å². The van der Waals surface area contributed by atoms with E-state index in [1.807, 2.05) is 6.07 Å². The molecule has 1 aliphatic rings. The quantitative estimate of drug-likeness (QED) is 0.684. The van der Waals surface area contributed by atoms with Crippen molar-refractivity contribution in [3.8, 4) is 0 Å². The Morgan fingerprint density at radius 3 is 2.85 bits per heavy atom. The van der Waals surface area contributed by atoms with Crippen LogP contribution in [0.5, 0.6) is 0 Å². The minimum Gasteiger partial charge on any atom is -0.326 e. The van der Waals surface area contributed by atoms with E-state index in [0.29, 0.717) is 5.92 Å². The number of likely N-dealkylation sites (tertiary alicyclic amines) is 1. The zero-order valence-corrected chi connectivity index (χ0v) is 12.9. The fourth-order valence-corrected chi connectivity index (χ4v) is 3.96. The summed E-state index contributed by atoms with van der Waals surface area (Å²) in [5.41, 5.74) is 6.36. The van der Waals surface area contributed by atoms with Crippen molar-refractivity contribution in [2.75, 3.05) is 13.1 Å². The first-order valence-electron chi connectivity index (χ1n) is 7.22. The van der Waals surface area contributed by atoms with Crippen molar-refractivity contribution >= 4 is 16.3 Å². The summed E-state index contributed by atoms with van der Waals surface area (Å²) in [6.45, 7) is 6.42. The molecule has 0 bridgehead atoms. The van der Waals surface area contributed by atoms with E-state index >= 15 is 0 Å². The Morgan fingerprint density at radius 1 is 1.50 bits per heavy atom. The molecule has 1 aliphatic heterocycles. The largest absolute Gasteiger partial charge is 0.326 e. The maximum Gasteiger partial charge on any atom is 0.324 e. The summed E-state index contributed by atoms with van der Waals surface area (Å²) < 4.78 is 0. The highest BCUT2D eigenvalue weighted by atomic mass is 32.1. The van der Waals surface area contributed by atoms with Crippen LogP contribution < -0.4 is 5.73 Å². The van der Waals surface area contributed by atoms with Crippen LogP contribution in [0.2, 0.25) is 0 Å². The van der Waals surface area contributed by atoms with Gasteiger partial charge in [-0.05, 0) is 31.4 Å². The lowest BCUT2D eigenvalue weighted by atomic mass is 10.0. The summed E-state index contributed by atoms with van der Waals surface area (Å²) >= 11 is 1.27. The van der Waals surface area contributed by atoms with Crippen LogP contribution in [0.3, 0.4) is 0 Å². The maximum atomic E-state index is 10.9. The van der Waals surface area contributed by atoms with Gasteiger partial charge in [0, 0.05) is 23.5 Å². The molecule has 0 radical (unpaired) electrons. The van der Waals surface area contributed by atoms with Gasteiger partial charge in [0.25, 0.3) is 0 Å². The van der Waals surface area contributed by atoms with E-state index in [1.165, 1.54) is 11.3 Å². The molecule has 0 aromatic carbocycles. The van der Waals surface area contributed by atoms with E-state index in [4.69, 9.17) is 5.73 Å². The average molecular weight is 297 g/mol. The third kappa shape index (κ3) is 3.56. The lowest BCUT2D eigenvalue weighted by molar-refractivity contribution is -0.380. The number of nitro groups is 1. The Labute approximate surface area is 123 Å². The zero-order valence-electron chi connectivity index (χ0n) is 12.1. The summed E-state index contributed by atoms with van der Waals surface area (Å²) in [6, 6.07) is 3.67. The summed E-state index contributed by atoms with van der Waals surface area (Å²) in [6.07, 6.45) is 3.29. The first kappa shape index (κ1) is 15.4. The Kier molecular flexibility index (Phi) is 5.12. The number of hydrogen-bond donors (Lipinski definition) is 1. The van der Waals surface area contributed by atoms with Gasteiger partial charge in [0.1, 0.15) is 0 Å². The predicted molar refractivity (Wildman–Crippen MR) is 82.0 cm³/mol.